The molecule has 0 bridgehead atoms. The predicted octanol–water partition coefficient (Wildman–Crippen LogP) is 2.21. The Hall–Kier alpha value is -2.07. The van der Waals surface area contributed by atoms with Crippen molar-refractivity contribution in [2.45, 2.75) is 19.3 Å². The number of rotatable bonds is 9. The third-order valence-corrected chi connectivity index (χ3v) is 5.60. The maximum atomic E-state index is 12.2. The van der Waals surface area contributed by atoms with Gasteiger partial charge in [-0.2, -0.15) is 0 Å². The van der Waals surface area contributed by atoms with Crippen LogP contribution in [0.3, 0.4) is 0 Å². The lowest BCUT2D eigenvalue weighted by atomic mass is 10.3. The third-order valence-electron chi connectivity index (χ3n) is 4.39. The number of aromatic nitrogens is 2. The standard InChI is InChI=1S/C19H24ClN5O3S/c20-14-3-1-4-15(13-14)22-18(27)19-24-23-17(29-19)6-5-16(26)21-7-2-8-25-9-11-28-12-10-25/h1,3-4,13H,2,5-12H2,(H,21,26)(H,22,27). The SMILES string of the molecule is O=C(CCc1nnc(C(=O)Nc2cccc(Cl)c2)s1)NCCCN1CCOCC1. The van der Waals surface area contributed by atoms with Crippen LogP contribution in [0.15, 0.2) is 24.3 Å². The molecule has 8 nitrogen and oxygen atoms in total. The minimum absolute atomic E-state index is 0.0212. The number of morpholine rings is 1. The molecular weight excluding hydrogens is 414 g/mol. The lowest BCUT2D eigenvalue weighted by Crippen LogP contribution is -2.38. The Morgan fingerprint density at radius 3 is 2.86 bits per heavy atom. The Bertz CT molecular complexity index is 826. The third kappa shape index (κ3) is 7.36. The molecular formula is C19H24ClN5O3S. The molecule has 1 aromatic heterocycles. The number of aryl methyl sites for hydroxylation is 1. The highest BCUT2D eigenvalue weighted by Crippen LogP contribution is 2.17. The van der Waals surface area contributed by atoms with Crippen molar-refractivity contribution in [2.75, 3.05) is 44.7 Å². The van der Waals surface area contributed by atoms with Crippen molar-refractivity contribution in [3.05, 3.63) is 39.3 Å². The minimum atomic E-state index is -0.344. The number of hydrogen-bond donors (Lipinski definition) is 2. The number of halogens is 1. The molecule has 10 heteroatoms. The molecule has 1 aliphatic heterocycles. The van der Waals surface area contributed by atoms with E-state index in [2.05, 4.69) is 25.7 Å². The number of hydrogen-bond acceptors (Lipinski definition) is 7. The fraction of sp³-hybridized carbons (Fsp3) is 0.474. The molecule has 0 spiro atoms. The molecule has 0 saturated carbocycles. The fourth-order valence-electron chi connectivity index (χ4n) is 2.86. The van der Waals surface area contributed by atoms with Crippen LogP contribution in [0.1, 0.15) is 27.7 Å². The number of ether oxygens (including phenoxy) is 1. The Labute approximate surface area is 178 Å². The van der Waals surface area contributed by atoms with Crippen LogP contribution in [0.25, 0.3) is 0 Å². The Kier molecular flexibility index (Phi) is 8.36. The minimum Gasteiger partial charge on any atom is -0.379 e. The van der Waals surface area contributed by atoms with Crippen molar-refractivity contribution in [3.63, 3.8) is 0 Å². The first-order chi connectivity index (χ1) is 14.1. The van der Waals surface area contributed by atoms with Crippen LogP contribution >= 0.6 is 22.9 Å². The summed E-state index contributed by atoms with van der Waals surface area (Å²) in [5.41, 5.74) is 0.593. The van der Waals surface area contributed by atoms with Crippen molar-refractivity contribution in [3.8, 4) is 0 Å². The Morgan fingerprint density at radius 1 is 1.24 bits per heavy atom. The summed E-state index contributed by atoms with van der Waals surface area (Å²) in [6.07, 6.45) is 1.69. The van der Waals surface area contributed by atoms with Gasteiger partial charge in [0.15, 0.2) is 0 Å². The van der Waals surface area contributed by atoms with Gasteiger partial charge in [-0.15, -0.1) is 10.2 Å². The number of benzene rings is 1. The second-order valence-corrected chi connectivity index (χ2v) is 8.12. The molecule has 0 atom stereocenters. The summed E-state index contributed by atoms with van der Waals surface area (Å²) in [4.78, 5) is 26.6. The van der Waals surface area contributed by atoms with Gasteiger partial charge in [0, 0.05) is 43.2 Å². The number of nitrogens with one attached hydrogen (secondary N) is 2. The van der Waals surface area contributed by atoms with Gasteiger partial charge in [0.25, 0.3) is 5.91 Å². The fourth-order valence-corrected chi connectivity index (χ4v) is 3.79. The summed E-state index contributed by atoms with van der Waals surface area (Å²) in [6, 6.07) is 6.89. The number of anilines is 1. The second kappa shape index (κ2) is 11.2. The molecule has 3 rings (SSSR count). The van der Waals surface area contributed by atoms with E-state index in [0.717, 1.165) is 39.3 Å². The molecule has 0 radical (unpaired) electrons. The zero-order valence-corrected chi connectivity index (χ0v) is 17.6. The van der Waals surface area contributed by atoms with E-state index >= 15 is 0 Å². The maximum absolute atomic E-state index is 12.2. The van der Waals surface area contributed by atoms with E-state index < -0.39 is 0 Å². The summed E-state index contributed by atoms with van der Waals surface area (Å²) >= 11 is 7.10. The van der Waals surface area contributed by atoms with Gasteiger partial charge in [0.1, 0.15) is 5.01 Å². The highest BCUT2D eigenvalue weighted by molar-refractivity contribution is 7.13. The molecule has 2 N–H and O–H groups in total. The largest absolute Gasteiger partial charge is 0.379 e. The Morgan fingerprint density at radius 2 is 2.07 bits per heavy atom. The van der Waals surface area contributed by atoms with E-state index in [1.807, 2.05) is 0 Å². The molecule has 0 unspecified atom stereocenters. The summed E-state index contributed by atoms with van der Waals surface area (Å²) in [7, 11) is 0. The molecule has 2 amide bonds. The van der Waals surface area contributed by atoms with Crippen LogP contribution in [0.2, 0.25) is 5.02 Å². The zero-order valence-electron chi connectivity index (χ0n) is 16.0. The molecule has 1 fully saturated rings. The topological polar surface area (TPSA) is 96.5 Å². The molecule has 2 aromatic rings. The average molecular weight is 438 g/mol. The van der Waals surface area contributed by atoms with Gasteiger partial charge in [0.2, 0.25) is 10.9 Å². The quantitative estimate of drug-likeness (QED) is 0.584. The molecule has 1 saturated heterocycles. The van der Waals surface area contributed by atoms with Gasteiger partial charge in [-0.25, -0.2) is 0 Å². The van der Waals surface area contributed by atoms with Crippen LogP contribution in [0, 0.1) is 0 Å². The van der Waals surface area contributed by atoms with Gasteiger partial charge < -0.3 is 15.4 Å². The lowest BCUT2D eigenvalue weighted by Gasteiger charge is -2.26. The monoisotopic (exact) mass is 437 g/mol. The number of carbonyl (C=O) groups is 2. The van der Waals surface area contributed by atoms with E-state index in [4.69, 9.17) is 16.3 Å². The molecule has 156 valence electrons. The molecule has 1 aliphatic rings. The van der Waals surface area contributed by atoms with Gasteiger partial charge in [-0.1, -0.05) is 29.0 Å². The molecule has 29 heavy (non-hydrogen) atoms. The van der Waals surface area contributed by atoms with Gasteiger partial charge in [-0.3, -0.25) is 14.5 Å². The van der Waals surface area contributed by atoms with E-state index in [9.17, 15) is 9.59 Å². The first-order valence-electron chi connectivity index (χ1n) is 9.56. The number of nitrogens with zero attached hydrogens (tertiary/aromatic N) is 3. The van der Waals surface area contributed by atoms with E-state index in [0.29, 0.717) is 35.1 Å². The van der Waals surface area contributed by atoms with Crippen LogP contribution in [-0.2, 0) is 16.0 Å². The maximum Gasteiger partial charge on any atom is 0.286 e. The predicted molar refractivity (Wildman–Crippen MR) is 113 cm³/mol. The van der Waals surface area contributed by atoms with Crippen molar-refractivity contribution >= 4 is 40.4 Å². The van der Waals surface area contributed by atoms with Crippen molar-refractivity contribution in [1.82, 2.24) is 20.4 Å². The summed E-state index contributed by atoms with van der Waals surface area (Å²) in [5, 5.41) is 15.0. The first kappa shape index (κ1) is 21.6. The van der Waals surface area contributed by atoms with Gasteiger partial charge in [0.05, 0.1) is 13.2 Å². The second-order valence-electron chi connectivity index (χ2n) is 6.62. The first-order valence-corrected chi connectivity index (χ1v) is 10.8. The number of carbonyl (C=O) groups excluding carboxylic acids is 2. The van der Waals surface area contributed by atoms with Gasteiger partial charge >= 0.3 is 0 Å². The molecule has 0 aliphatic carbocycles. The highest BCUT2D eigenvalue weighted by Gasteiger charge is 2.14. The van der Waals surface area contributed by atoms with E-state index in [1.165, 1.54) is 11.3 Å². The van der Waals surface area contributed by atoms with Gasteiger partial charge in [-0.05, 0) is 31.2 Å². The van der Waals surface area contributed by atoms with Crippen molar-refractivity contribution < 1.29 is 14.3 Å². The lowest BCUT2D eigenvalue weighted by molar-refractivity contribution is -0.121. The molecule has 2 heterocycles. The van der Waals surface area contributed by atoms with Crippen LogP contribution in [-0.4, -0.2) is 66.3 Å². The van der Waals surface area contributed by atoms with E-state index in [1.54, 1.807) is 24.3 Å². The van der Waals surface area contributed by atoms with Crippen LogP contribution < -0.4 is 10.6 Å². The summed E-state index contributed by atoms with van der Waals surface area (Å²) in [6.45, 7) is 5.10. The Balaban J connectivity index is 1.35. The van der Waals surface area contributed by atoms with Crippen LogP contribution in [0.5, 0.6) is 0 Å². The number of amides is 2. The summed E-state index contributed by atoms with van der Waals surface area (Å²) in [5.74, 6) is -0.365. The smallest absolute Gasteiger partial charge is 0.286 e. The zero-order chi connectivity index (χ0) is 20.5. The normalized spacial score (nSPS) is 14.5. The van der Waals surface area contributed by atoms with Crippen LogP contribution in [0.4, 0.5) is 5.69 Å². The van der Waals surface area contributed by atoms with E-state index in [-0.39, 0.29) is 16.8 Å². The van der Waals surface area contributed by atoms with Crippen molar-refractivity contribution in [2.24, 2.45) is 0 Å². The summed E-state index contributed by atoms with van der Waals surface area (Å²) < 4.78 is 5.32. The molecule has 1 aromatic carbocycles. The van der Waals surface area contributed by atoms with Crippen molar-refractivity contribution in [1.29, 1.82) is 0 Å². The highest BCUT2D eigenvalue weighted by atomic mass is 35.5. The average Bonchev–Trinajstić information content (AvgIpc) is 3.20.